The molecule has 2 fully saturated rings. The van der Waals surface area contributed by atoms with Crippen molar-refractivity contribution < 1.29 is 14.6 Å². The summed E-state index contributed by atoms with van der Waals surface area (Å²) in [5.41, 5.74) is -0.133. The third-order valence-corrected chi connectivity index (χ3v) is 2.57. The number of ether oxygens (including phenoxy) is 1. The van der Waals surface area contributed by atoms with Crippen LogP contribution in [-0.2, 0) is 4.74 Å². The molecule has 0 aliphatic carbocycles. The first kappa shape index (κ1) is 6.91. The summed E-state index contributed by atoms with van der Waals surface area (Å²) in [6.45, 7) is 1.87. The molecule has 1 amide bonds. The smallest absolute Gasteiger partial charge is 0.407 e. The molecule has 0 unspecified atom stereocenters. The number of amides is 1. The van der Waals surface area contributed by atoms with Crippen LogP contribution in [0, 0.1) is 0 Å². The number of rotatable bonds is 0. The Morgan fingerprint density at radius 1 is 1.55 bits per heavy atom. The van der Waals surface area contributed by atoms with Crippen molar-refractivity contribution in [3.05, 3.63) is 0 Å². The number of carbonyl (C=O) groups is 1. The summed E-state index contributed by atoms with van der Waals surface area (Å²) >= 11 is 0. The van der Waals surface area contributed by atoms with E-state index in [2.05, 4.69) is 0 Å². The first-order valence-corrected chi connectivity index (χ1v) is 3.83. The third-order valence-electron chi connectivity index (χ3n) is 2.57. The number of carboxylic acid groups (broad SMARTS) is 1. The van der Waals surface area contributed by atoms with Crippen molar-refractivity contribution in [2.45, 2.75) is 18.4 Å². The van der Waals surface area contributed by atoms with E-state index < -0.39 is 6.09 Å². The summed E-state index contributed by atoms with van der Waals surface area (Å²) in [5, 5.41) is 8.78. The second-order valence-corrected chi connectivity index (χ2v) is 3.25. The summed E-state index contributed by atoms with van der Waals surface area (Å²) < 4.78 is 5.04. The van der Waals surface area contributed by atoms with Crippen LogP contribution < -0.4 is 0 Å². The van der Waals surface area contributed by atoms with Crippen molar-refractivity contribution in [2.75, 3.05) is 19.8 Å². The number of hydrogen-bond acceptors (Lipinski definition) is 2. The minimum Gasteiger partial charge on any atom is -0.465 e. The fourth-order valence-corrected chi connectivity index (χ4v) is 1.87. The average molecular weight is 157 g/mol. The molecule has 2 saturated heterocycles. The van der Waals surface area contributed by atoms with Crippen molar-refractivity contribution in [3.63, 3.8) is 0 Å². The van der Waals surface area contributed by atoms with E-state index >= 15 is 0 Å². The van der Waals surface area contributed by atoms with E-state index in [9.17, 15) is 4.79 Å². The van der Waals surface area contributed by atoms with E-state index in [1.54, 1.807) is 0 Å². The lowest BCUT2D eigenvalue weighted by molar-refractivity contribution is -0.112. The van der Waals surface area contributed by atoms with Crippen LogP contribution in [0.15, 0.2) is 0 Å². The Labute approximate surface area is 64.7 Å². The SMILES string of the molecule is O=C(O)N1CCCC12COC2. The standard InChI is InChI=1S/C7H11NO3/c9-6(10)8-3-1-2-7(8)4-11-5-7/h1-5H2,(H,9,10). The first-order chi connectivity index (χ1) is 5.25. The van der Waals surface area contributed by atoms with Gasteiger partial charge in [0.05, 0.1) is 18.8 Å². The Kier molecular flexibility index (Phi) is 1.32. The molecule has 11 heavy (non-hydrogen) atoms. The van der Waals surface area contributed by atoms with Gasteiger partial charge in [-0.15, -0.1) is 0 Å². The predicted octanol–water partition coefficient (Wildman–Crippen LogP) is 0.529. The Morgan fingerprint density at radius 3 is 2.64 bits per heavy atom. The van der Waals surface area contributed by atoms with Crippen LogP contribution in [0.25, 0.3) is 0 Å². The largest absolute Gasteiger partial charge is 0.465 e. The summed E-state index contributed by atoms with van der Waals surface area (Å²) in [6.07, 6.45) is 1.15. The van der Waals surface area contributed by atoms with Crippen molar-refractivity contribution >= 4 is 6.09 Å². The van der Waals surface area contributed by atoms with Gasteiger partial charge in [0.2, 0.25) is 0 Å². The lowest BCUT2D eigenvalue weighted by Crippen LogP contribution is -2.60. The number of likely N-dealkylation sites (tertiary alicyclic amines) is 1. The first-order valence-electron chi connectivity index (χ1n) is 3.83. The molecule has 1 spiro atoms. The van der Waals surface area contributed by atoms with Crippen molar-refractivity contribution in [1.29, 1.82) is 0 Å². The molecule has 0 aromatic rings. The lowest BCUT2D eigenvalue weighted by Gasteiger charge is -2.43. The van der Waals surface area contributed by atoms with Crippen molar-refractivity contribution in [2.24, 2.45) is 0 Å². The maximum Gasteiger partial charge on any atom is 0.407 e. The van der Waals surface area contributed by atoms with Crippen LogP contribution in [-0.4, -0.2) is 41.4 Å². The summed E-state index contributed by atoms with van der Waals surface area (Å²) in [5.74, 6) is 0. The van der Waals surface area contributed by atoms with E-state index in [0.29, 0.717) is 19.8 Å². The average Bonchev–Trinajstić information content (AvgIpc) is 2.27. The van der Waals surface area contributed by atoms with Gasteiger partial charge in [-0.3, -0.25) is 4.90 Å². The van der Waals surface area contributed by atoms with Gasteiger partial charge in [0.15, 0.2) is 0 Å². The Balaban J connectivity index is 2.13. The maximum absolute atomic E-state index is 10.7. The molecule has 0 radical (unpaired) electrons. The van der Waals surface area contributed by atoms with Crippen LogP contribution >= 0.6 is 0 Å². The molecule has 2 aliphatic heterocycles. The van der Waals surface area contributed by atoms with Gasteiger partial charge in [0.25, 0.3) is 0 Å². The van der Waals surface area contributed by atoms with E-state index in [-0.39, 0.29) is 5.54 Å². The van der Waals surface area contributed by atoms with Crippen LogP contribution in [0.1, 0.15) is 12.8 Å². The van der Waals surface area contributed by atoms with Gasteiger partial charge in [-0.1, -0.05) is 0 Å². The molecule has 2 heterocycles. The molecule has 2 rings (SSSR count). The van der Waals surface area contributed by atoms with E-state index in [1.165, 1.54) is 4.90 Å². The second kappa shape index (κ2) is 2.11. The van der Waals surface area contributed by atoms with Crippen LogP contribution in [0.5, 0.6) is 0 Å². The highest BCUT2D eigenvalue weighted by atomic mass is 16.5. The van der Waals surface area contributed by atoms with Crippen LogP contribution in [0.3, 0.4) is 0 Å². The van der Waals surface area contributed by atoms with Crippen LogP contribution in [0.4, 0.5) is 4.79 Å². The minimum absolute atomic E-state index is 0.133. The summed E-state index contributed by atoms with van der Waals surface area (Å²) in [4.78, 5) is 12.2. The molecule has 62 valence electrons. The van der Waals surface area contributed by atoms with Crippen LogP contribution in [0.2, 0.25) is 0 Å². The number of hydrogen-bond donors (Lipinski definition) is 1. The highest BCUT2D eigenvalue weighted by Crippen LogP contribution is 2.35. The van der Waals surface area contributed by atoms with E-state index in [1.807, 2.05) is 0 Å². The van der Waals surface area contributed by atoms with Gasteiger partial charge < -0.3 is 9.84 Å². The zero-order valence-corrected chi connectivity index (χ0v) is 6.25. The molecule has 0 aromatic carbocycles. The summed E-state index contributed by atoms with van der Waals surface area (Å²) in [7, 11) is 0. The van der Waals surface area contributed by atoms with E-state index in [0.717, 1.165) is 12.8 Å². The Bertz CT molecular complexity index is 188. The molecule has 2 aliphatic rings. The topological polar surface area (TPSA) is 49.8 Å². The second-order valence-electron chi connectivity index (χ2n) is 3.25. The van der Waals surface area contributed by atoms with Gasteiger partial charge in [-0.25, -0.2) is 4.79 Å². The lowest BCUT2D eigenvalue weighted by atomic mass is 9.94. The van der Waals surface area contributed by atoms with Gasteiger partial charge in [0.1, 0.15) is 0 Å². The zero-order chi connectivity index (χ0) is 7.90. The van der Waals surface area contributed by atoms with Crippen molar-refractivity contribution in [1.82, 2.24) is 4.90 Å². The molecule has 0 aromatic heterocycles. The monoisotopic (exact) mass is 157 g/mol. The molecular formula is C7H11NO3. The number of nitrogens with zero attached hydrogens (tertiary/aromatic N) is 1. The minimum atomic E-state index is -0.800. The quantitative estimate of drug-likeness (QED) is 0.558. The molecular weight excluding hydrogens is 146 g/mol. The molecule has 0 saturated carbocycles. The summed E-state index contributed by atoms with van der Waals surface area (Å²) in [6, 6.07) is 0. The maximum atomic E-state index is 10.7. The third kappa shape index (κ3) is 0.822. The molecule has 0 atom stereocenters. The molecule has 4 heteroatoms. The fraction of sp³-hybridized carbons (Fsp3) is 0.857. The highest BCUT2D eigenvalue weighted by Gasteiger charge is 2.49. The predicted molar refractivity (Wildman–Crippen MR) is 37.5 cm³/mol. The van der Waals surface area contributed by atoms with Gasteiger partial charge in [-0.05, 0) is 12.8 Å². The van der Waals surface area contributed by atoms with Gasteiger partial charge >= 0.3 is 6.09 Å². The van der Waals surface area contributed by atoms with E-state index in [4.69, 9.17) is 9.84 Å². The van der Waals surface area contributed by atoms with Gasteiger partial charge in [0, 0.05) is 6.54 Å². The van der Waals surface area contributed by atoms with Gasteiger partial charge in [-0.2, -0.15) is 0 Å². The zero-order valence-electron chi connectivity index (χ0n) is 6.25. The fourth-order valence-electron chi connectivity index (χ4n) is 1.87. The Morgan fingerprint density at radius 2 is 2.27 bits per heavy atom. The molecule has 4 nitrogen and oxygen atoms in total. The normalized spacial score (nSPS) is 27.1. The van der Waals surface area contributed by atoms with Crippen molar-refractivity contribution in [3.8, 4) is 0 Å². The molecule has 1 N–H and O–H groups in total. The molecule has 0 bridgehead atoms. The highest BCUT2D eigenvalue weighted by molar-refractivity contribution is 5.67. The Hall–Kier alpha value is -0.770.